The molecule has 0 fully saturated rings. The van der Waals surface area contributed by atoms with Crippen molar-refractivity contribution in [3.8, 4) is 5.75 Å². The molecule has 0 bridgehead atoms. The van der Waals surface area contributed by atoms with Crippen LogP contribution in [0, 0.1) is 0 Å². The number of nitrogens with two attached hydrogens (primary N) is 1. The zero-order chi connectivity index (χ0) is 19.2. The minimum atomic E-state index is -4.73. The Bertz CT molecular complexity index is 796. The maximum absolute atomic E-state index is 12.1. The summed E-state index contributed by atoms with van der Waals surface area (Å²) < 4.78 is 40.1. The van der Waals surface area contributed by atoms with Crippen molar-refractivity contribution < 1.29 is 22.7 Å². The second-order valence-electron chi connectivity index (χ2n) is 5.28. The highest BCUT2D eigenvalue weighted by Gasteiger charge is 2.30. The number of benzene rings is 2. The van der Waals surface area contributed by atoms with Crippen LogP contribution in [0.25, 0.3) is 0 Å². The monoisotopic (exact) mass is 494 g/mol. The SMILES string of the molecule is CC(=O)Nc1cccc(CN=C(N)Nc2ccc(OC(F)(F)F)cc2)c1.I. The van der Waals surface area contributed by atoms with Gasteiger partial charge >= 0.3 is 6.36 Å². The summed E-state index contributed by atoms with van der Waals surface area (Å²) in [5.41, 5.74) is 7.71. The lowest BCUT2D eigenvalue weighted by atomic mass is 10.2. The molecular weight excluding hydrogens is 476 g/mol. The van der Waals surface area contributed by atoms with Crippen molar-refractivity contribution in [1.82, 2.24) is 0 Å². The number of carbonyl (C=O) groups is 1. The van der Waals surface area contributed by atoms with Crippen LogP contribution in [-0.4, -0.2) is 18.2 Å². The van der Waals surface area contributed by atoms with E-state index in [1.807, 2.05) is 6.07 Å². The number of nitrogens with zero attached hydrogens (tertiary/aromatic N) is 1. The van der Waals surface area contributed by atoms with E-state index < -0.39 is 6.36 Å². The van der Waals surface area contributed by atoms with Crippen molar-refractivity contribution in [2.45, 2.75) is 19.8 Å². The van der Waals surface area contributed by atoms with Crippen LogP contribution in [0.1, 0.15) is 12.5 Å². The second-order valence-corrected chi connectivity index (χ2v) is 5.28. The fourth-order valence-electron chi connectivity index (χ4n) is 2.05. The smallest absolute Gasteiger partial charge is 0.406 e. The molecule has 4 N–H and O–H groups in total. The number of halogens is 4. The van der Waals surface area contributed by atoms with Crippen LogP contribution in [0.4, 0.5) is 24.5 Å². The van der Waals surface area contributed by atoms with Gasteiger partial charge in [0.05, 0.1) is 6.54 Å². The fourth-order valence-corrected chi connectivity index (χ4v) is 2.05. The van der Waals surface area contributed by atoms with Crippen LogP contribution >= 0.6 is 24.0 Å². The summed E-state index contributed by atoms with van der Waals surface area (Å²) in [6.45, 7) is 1.68. The van der Waals surface area contributed by atoms with Crippen LogP contribution in [0.15, 0.2) is 53.5 Å². The van der Waals surface area contributed by atoms with Crippen molar-refractivity contribution in [2.75, 3.05) is 10.6 Å². The molecule has 146 valence electrons. The molecule has 0 unspecified atom stereocenters. The lowest BCUT2D eigenvalue weighted by molar-refractivity contribution is -0.274. The highest BCUT2D eigenvalue weighted by molar-refractivity contribution is 14.0. The van der Waals surface area contributed by atoms with Crippen LogP contribution in [0.3, 0.4) is 0 Å². The van der Waals surface area contributed by atoms with Gasteiger partial charge in [0.15, 0.2) is 5.96 Å². The highest BCUT2D eigenvalue weighted by Crippen LogP contribution is 2.23. The molecule has 6 nitrogen and oxygen atoms in total. The van der Waals surface area contributed by atoms with Gasteiger partial charge in [-0.05, 0) is 42.0 Å². The molecular formula is C17H18F3IN4O2. The number of ether oxygens (including phenoxy) is 1. The van der Waals surface area contributed by atoms with E-state index in [1.54, 1.807) is 18.2 Å². The largest absolute Gasteiger partial charge is 0.573 e. The lowest BCUT2D eigenvalue weighted by Crippen LogP contribution is -2.22. The number of amides is 1. The summed E-state index contributed by atoms with van der Waals surface area (Å²) in [4.78, 5) is 15.2. The maximum Gasteiger partial charge on any atom is 0.573 e. The minimum Gasteiger partial charge on any atom is -0.406 e. The third kappa shape index (κ3) is 8.62. The Balaban J connectivity index is 0.00000364. The van der Waals surface area contributed by atoms with Gasteiger partial charge in [-0.2, -0.15) is 0 Å². The third-order valence-corrected chi connectivity index (χ3v) is 3.04. The Kier molecular flexibility index (Phi) is 8.34. The molecule has 0 atom stereocenters. The second kappa shape index (κ2) is 10.00. The zero-order valence-corrected chi connectivity index (χ0v) is 16.5. The normalized spacial score (nSPS) is 11.3. The summed E-state index contributed by atoms with van der Waals surface area (Å²) >= 11 is 0. The maximum atomic E-state index is 12.1. The minimum absolute atomic E-state index is 0. The average molecular weight is 494 g/mol. The first-order chi connectivity index (χ1) is 12.2. The van der Waals surface area contributed by atoms with Gasteiger partial charge in [0, 0.05) is 18.3 Å². The Labute approximate surface area is 171 Å². The fraction of sp³-hybridized carbons (Fsp3) is 0.176. The molecule has 0 aromatic heterocycles. The van der Waals surface area contributed by atoms with Crippen LogP contribution in [-0.2, 0) is 11.3 Å². The van der Waals surface area contributed by atoms with Gasteiger partial charge in [-0.15, -0.1) is 37.1 Å². The van der Waals surface area contributed by atoms with Gasteiger partial charge in [0.2, 0.25) is 5.91 Å². The van der Waals surface area contributed by atoms with E-state index in [0.29, 0.717) is 11.4 Å². The number of anilines is 2. The third-order valence-electron chi connectivity index (χ3n) is 3.04. The molecule has 0 heterocycles. The highest BCUT2D eigenvalue weighted by atomic mass is 127. The van der Waals surface area contributed by atoms with Crippen molar-refractivity contribution >= 4 is 47.2 Å². The molecule has 2 aromatic rings. The number of hydrogen-bond acceptors (Lipinski definition) is 3. The van der Waals surface area contributed by atoms with Crippen molar-refractivity contribution in [3.63, 3.8) is 0 Å². The first-order valence-electron chi connectivity index (χ1n) is 7.50. The van der Waals surface area contributed by atoms with Gasteiger partial charge in [0.25, 0.3) is 0 Å². The van der Waals surface area contributed by atoms with E-state index in [2.05, 4.69) is 20.4 Å². The number of aliphatic imine (C=N–C) groups is 1. The number of guanidine groups is 1. The number of hydrogen-bond donors (Lipinski definition) is 3. The Morgan fingerprint density at radius 3 is 2.37 bits per heavy atom. The van der Waals surface area contributed by atoms with Crippen LogP contribution < -0.4 is 21.1 Å². The quantitative estimate of drug-likeness (QED) is 0.332. The molecule has 1 amide bonds. The summed E-state index contributed by atoms with van der Waals surface area (Å²) in [5.74, 6) is -0.405. The molecule has 0 saturated carbocycles. The number of nitrogens with one attached hydrogen (secondary N) is 2. The number of alkyl halides is 3. The van der Waals surface area contributed by atoms with E-state index in [1.165, 1.54) is 31.2 Å². The first kappa shape index (κ1) is 22.5. The predicted octanol–water partition coefficient (Wildman–Crippen LogP) is 4.09. The topological polar surface area (TPSA) is 88.7 Å². The van der Waals surface area contributed by atoms with E-state index in [-0.39, 0.29) is 48.1 Å². The predicted molar refractivity (Wildman–Crippen MR) is 108 cm³/mol. The molecule has 2 rings (SSSR count). The van der Waals surface area contributed by atoms with Crippen LogP contribution in [0.2, 0.25) is 0 Å². The van der Waals surface area contributed by atoms with Crippen molar-refractivity contribution in [1.29, 1.82) is 0 Å². The zero-order valence-electron chi connectivity index (χ0n) is 14.2. The van der Waals surface area contributed by atoms with Crippen molar-refractivity contribution in [2.24, 2.45) is 10.7 Å². The molecule has 10 heteroatoms. The van der Waals surface area contributed by atoms with Gasteiger partial charge in [-0.3, -0.25) is 4.79 Å². The van der Waals surface area contributed by atoms with Gasteiger partial charge < -0.3 is 21.1 Å². The van der Waals surface area contributed by atoms with Gasteiger partial charge in [0.1, 0.15) is 5.75 Å². The molecule has 0 aliphatic heterocycles. The molecule has 27 heavy (non-hydrogen) atoms. The number of rotatable bonds is 5. The van der Waals surface area contributed by atoms with E-state index in [4.69, 9.17) is 5.73 Å². The Morgan fingerprint density at radius 2 is 1.78 bits per heavy atom. The molecule has 0 aliphatic rings. The lowest BCUT2D eigenvalue weighted by Gasteiger charge is -2.10. The first-order valence-corrected chi connectivity index (χ1v) is 7.50. The Morgan fingerprint density at radius 1 is 1.11 bits per heavy atom. The molecule has 0 spiro atoms. The summed E-state index contributed by atoms with van der Waals surface area (Å²) in [6, 6.07) is 12.2. The molecule has 2 aromatic carbocycles. The van der Waals surface area contributed by atoms with E-state index in [9.17, 15) is 18.0 Å². The standard InChI is InChI=1S/C17H17F3N4O2.HI/c1-11(25)23-14-4-2-3-12(9-14)10-22-16(21)24-13-5-7-15(8-6-13)26-17(18,19)20;/h2-9H,10H2,1H3,(H,23,25)(H3,21,22,24);1H. The summed E-state index contributed by atoms with van der Waals surface area (Å²) in [7, 11) is 0. The van der Waals surface area contributed by atoms with Crippen molar-refractivity contribution in [3.05, 3.63) is 54.1 Å². The molecule has 0 radical (unpaired) electrons. The molecule has 0 aliphatic carbocycles. The van der Waals surface area contributed by atoms with E-state index >= 15 is 0 Å². The Hall–Kier alpha value is -2.50. The van der Waals surface area contributed by atoms with Crippen LogP contribution in [0.5, 0.6) is 5.75 Å². The van der Waals surface area contributed by atoms with Gasteiger partial charge in [-0.25, -0.2) is 4.99 Å². The molecule has 0 saturated heterocycles. The number of carbonyl (C=O) groups excluding carboxylic acids is 1. The van der Waals surface area contributed by atoms with E-state index in [0.717, 1.165) is 5.56 Å². The van der Waals surface area contributed by atoms with Gasteiger partial charge in [-0.1, -0.05) is 12.1 Å². The summed E-state index contributed by atoms with van der Waals surface area (Å²) in [5, 5.41) is 5.44. The average Bonchev–Trinajstić information content (AvgIpc) is 2.53. The summed E-state index contributed by atoms with van der Waals surface area (Å²) in [6.07, 6.45) is -4.73.